The summed E-state index contributed by atoms with van der Waals surface area (Å²) in [6.07, 6.45) is 3.69. The molecule has 0 spiro atoms. The van der Waals surface area contributed by atoms with Crippen LogP contribution in [0.3, 0.4) is 0 Å². The van der Waals surface area contributed by atoms with Crippen LogP contribution < -0.4 is 10.6 Å². The van der Waals surface area contributed by atoms with Gasteiger partial charge in [-0.15, -0.1) is 12.4 Å². The van der Waals surface area contributed by atoms with Crippen LogP contribution in [0, 0.1) is 24.1 Å². The topological polar surface area (TPSA) is 145 Å². The molecule has 15 heteroatoms. The lowest BCUT2D eigenvalue weighted by molar-refractivity contribution is -0.147. The molecule has 2 N–H and O–H groups in total. The van der Waals surface area contributed by atoms with Crippen molar-refractivity contribution in [1.29, 1.82) is 5.26 Å². The first kappa shape index (κ1) is 33.0. The summed E-state index contributed by atoms with van der Waals surface area (Å²) in [7, 11) is -4.17. The molecule has 4 heterocycles. The lowest BCUT2D eigenvalue weighted by Crippen LogP contribution is -2.66. The third-order valence-electron chi connectivity index (χ3n) is 8.56. The predicted octanol–water partition coefficient (Wildman–Crippen LogP) is 4.12. The van der Waals surface area contributed by atoms with Gasteiger partial charge in [-0.3, -0.25) is 24.9 Å². The summed E-state index contributed by atoms with van der Waals surface area (Å²) in [5.41, 5.74) is -0.562. The van der Waals surface area contributed by atoms with E-state index in [0.717, 1.165) is 22.2 Å². The zero-order chi connectivity index (χ0) is 31.4. The van der Waals surface area contributed by atoms with Gasteiger partial charge in [0.05, 0.1) is 26.3 Å². The zero-order valence-corrected chi connectivity index (χ0v) is 27.0. The molecule has 2 aliphatic heterocycles. The number of nitrogens with one attached hydrogen (secondary N) is 2. The van der Waals surface area contributed by atoms with Crippen LogP contribution in [-0.4, -0.2) is 65.0 Å². The number of carbonyl (C=O) groups is 2. The van der Waals surface area contributed by atoms with E-state index in [2.05, 4.69) is 26.7 Å². The summed E-state index contributed by atoms with van der Waals surface area (Å²) in [4.78, 5) is 37.1. The maximum atomic E-state index is 15.1. The van der Waals surface area contributed by atoms with E-state index in [1.165, 1.54) is 12.3 Å². The molecule has 1 saturated carbocycles. The molecule has 236 valence electrons. The van der Waals surface area contributed by atoms with E-state index in [4.69, 9.17) is 23.2 Å². The number of hydrogen-bond donors (Lipinski definition) is 2. The molecule has 1 aromatic carbocycles. The highest BCUT2D eigenvalue weighted by atomic mass is 35.5. The van der Waals surface area contributed by atoms with Gasteiger partial charge in [0.15, 0.2) is 9.84 Å². The van der Waals surface area contributed by atoms with Crippen molar-refractivity contribution >= 4 is 57.3 Å². The SMILES string of the molecule is Cc1cc(-c2ccc(S(=O)(=O)[C@@H]3C[C@@H](C(=O)NC4(C#N)CC4)N(C(=O)C4(c5ncc(Cl)cc5F)CCN4)C3)c(Cl)c2)ccn1.Cl. The molecule has 3 atom stereocenters. The number of aryl methyl sites for hydroxylation is 1. The van der Waals surface area contributed by atoms with E-state index in [-0.39, 0.29) is 52.4 Å². The molecular formula is C30H28Cl3FN6O4S. The van der Waals surface area contributed by atoms with Crippen molar-refractivity contribution in [2.45, 2.75) is 59.9 Å². The highest BCUT2D eigenvalue weighted by Gasteiger charge is 2.57. The monoisotopic (exact) mass is 692 g/mol. The molecule has 0 bridgehead atoms. The van der Waals surface area contributed by atoms with Gasteiger partial charge in [0.25, 0.3) is 0 Å². The maximum Gasteiger partial charge on any atom is 0.250 e. The van der Waals surface area contributed by atoms with Gasteiger partial charge in [-0.05, 0) is 80.6 Å². The third kappa shape index (κ3) is 5.88. The molecule has 45 heavy (non-hydrogen) atoms. The molecule has 1 aliphatic carbocycles. The predicted molar refractivity (Wildman–Crippen MR) is 167 cm³/mol. The average Bonchev–Trinajstić information content (AvgIpc) is 3.57. The Kier molecular flexibility index (Phi) is 8.89. The highest BCUT2D eigenvalue weighted by molar-refractivity contribution is 7.92. The van der Waals surface area contributed by atoms with Gasteiger partial charge >= 0.3 is 0 Å². The summed E-state index contributed by atoms with van der Waals surface area (Å²) < 4.78 is 43.1. The Bertz CT molecular complexity index is 1850. The number of halogens is 4. The minimum absolute atomic E-state index is 0. The molecule has 2 saturated heterocycles. The molecule has 2 amide bonds. The van der Waals surface area contributed by atoms with Crippen molar-refractivity contribution in [1.82, 2.24) is 25.5 Å². The van der Waals surface area contributed by atoms with Gasteiger partial charge in [-0.25, -0.2) is 12.8 Å². The third-order valence-corrected chi connectivity index (χ3v) is 11.4. The number of rotatable bonds is 7. The Labute approximate surface area is 275 Å². The van der Waals surface area contributed by atoms with Crippen LogP contribution in [0.5, 0.6) is 0 Å². The van der Waals surface area contributed by atoms with Crippen LogP contribution in [-0.2, 0) is 25.0 Å². The Morgan fingerprint density at radius 2 is 1.84 bits per heavy atom. The van der Waals surface area contributed by atoms with Gasteiger partial charge in [0, 0.05) is 24.6 Å². The highest BCUT2D eigenvalue weighted by Crippen LogP contribution is 2.40. The molecule has 3 fully saturated rings. The minimum atomic E-state index is -4.17. The fourth-order valence-corrected chi connectivity index (χ4v) is 8.24. The van der Waals surface area contributed by atoms with Gasteiger partial charge in [0.1, 0.15) is 28.6 Å². The smallest absolute Gasteiger partial charge is 0.250 e. The lowest BCUT2D eigenvalue weighted by Gasteiger charge is -2.44. The summed E-state index contributed by atoms with van der Waals surface area (Å²) in [5, 5.41) is 14.1. The number of carbonyl (C=O) groups excluding carboxylic acids is 2. The second-order valence-corrected chi connectivity index (χ2v) is 14.5. The number of sulfone groups is 1. The van der Waals surface area contributed by atoms with Crippen molar-refractivity contribution < 1.29 is 22.4 Å². The van der Waals surface area contributed by atoms with E-state index >= 15 is 4.39 Å². The Morgan fingerprint density at radius 1 is 1.13 bits per heavy atom. The zero-order valence-electron chi connectivity index (χ0n) is 23.9. The first-order valence-electron chi connectivity index (χ1n) is 14.0. The van der Waals surface area contributed by atoms with Gasteiger partial charge in [0.2, 0.25) is 11.8 Å². The van der Waals surface area contributed by atoms with Crippen LogP contribution in [0.25, 0.3) is 11.1 Å². The molecular weight excluding hydrogens is 666 g/mol. The summed E-state index contributed by atoms with van der Waals surface area (Å²) >= 11 is 12.4. The molecule has 3 aliphatic rings. The fraction of sp³-hybridized carbons (Fsp3) is 0.367. The first-order chi connectivity index (χ1) is 20.9. The number of amides is 2. The number of aromatic nitrogens is 2. The summed E-state index contributed by atoms with van der Waals surface area (Å²) in [5.74, 6) is -2.14. The number of hydrogen-bond acceptors (Lipinski definition) is 8. The molecule has 1 unspecified atom stereocenters. The first-order valence-corrected chi connectivity index (χ1v) is 16.3. The molecule has 6 rings (SSSR count). The van der Waals surface area contributed by atoms with Gasteiger partial charge < -0.3 is 10.2 Å². The van der Waals surface area contributed by atoms with E-state index < -0.39 is 49.8 Å². The number of benzene rings is 1. The van der Waals surface area contributed by atoms with E-state index in [9.17, 15) is 23.3 Å². The van der Waals surface area contributed by atoms with Crippen LogP contribution in [0.15, 0.2) is 53.7 Å². The van der Waals surface area contributed by atoms with E-state index in [1.54, 1.807) is 24.4 Å². The molecule has 3 aromatic rings. The Balaban J connectivity index is 0.00000400. The van der Waals surface area contributed by atoms with Crippen LogP contribution in [0.4, 0.5) is 4.39 Å². The van der Waals surface area contributed by atoms with Crippen molar-refractivity contribution in [3.05, 3.63) is 76.0 Å². The van der Waals surface area contributed by atoms with Gasteiger partial charge in [-0.2, -0.15) is 5.26 Å². The number of pyridine rings is 2. The average molecular weight is 694 g/mol. The molecule has 0 radical (unpaired) electrons. The van der Waals surface area contributed by atoms with E-state index in [1.807, 2.05) is 13.0 Å². The van der Waals surface area contributed by atoms with Crippen LogP contribution >= 0.6 is 35.6 Å². The van der Waals surface area contributed by atoms with Crippen LogP contribution in [0.2, 0.25) is 10.0 Å². The number of likely N-dealkylation sites (tertiary alicyclic amines) is 1. The van der Waals surface area contributed by atoms with Gasteiger partial charge in [-0.1, -0.05) is 29.3 Å². The van der Waals surface area contributed by atoms with Crippen LogP contribution in [0.1, 0.15) is 37.1 Å². The molecule has 10 nitrogen and oxygen atoms in total. The fourth-order valence-electron chi connectivity index (χ4n) is 5.85. The maximum absolute atomic E-state index is 15.1. The van der Waals surface area contributed by atoms with Crippen molar-refractivity contribution in [2.24, 2.45) is 0 Å². The number of nitrogens with zero attached hydrogens (tertiary/aromatic N) is 4. The summed E-state index contributed by atoms with van der Waals surface area (Å²) in [6, 6.07) is 10.1. The normalized spacial score (nSPS) is 23.3. The second-order valence-electron chi connectivity index (χ2n) is 11.5. The quantitative estimate of drug-likeness (QED) is 0.376. The Hall–Kier alpha value is -3.34. The molecule has 2 aromatic heterocycles. The standard InChI is InChI=1S/C30H27Cl2FN6O4S.ClH/c1-17-10-19(4-8-35-17)18-2-3-25(22(32)11-18)44(42,43)21-13-24(27(40)38-29(16-34)5-6-29)39(15-21)28(41)30(7-9-37-30)26-23(33)12-20(31)14-36-26;/h2-4,8,10-12,14,21,24,37H,5-7,9,13,15H2,1H3,(H,38,40);1H/t21-,24+,30?;/m1./s1. The minimum Gasteiger partial charge on any atom is -0.336 e. The summed E-state index contributed by atoms with van der Waals surface area (Å²) in [6.45, 7) is 1.86. The van der Waals surface area contributed by atoms with Crippen molar-refractivity contribution in [3.63, 3.8) is 0 Å². The number of nitriles is 1. The van der Waals surface area contributed by atoms with E-state index in [0.29, 0.717) is 24.9 Å². The Morgan fingerprint density at radius 3 is 2.42 bits per heavy atom. The van der Waals surface area contributed by atoms with Crippen molar-refractivity contribution in [3.8, 4) is 17.2 Å². The second kappa shape index (κ2) is 12.1. The van der Waals surface area contributed by atoms with Crippen molar-refractivity contribution in [2.75, 3.05) is 13.1 Å². The largest absolute Gasteiger partial charge is 0.336 e. The lowest BCUT2D eigenvalue weighted by atomic mass is 9.82.